The van der Waals surface area contributed by atoms with Crippen molar-refractivity contribution in [3.05, 3.63) is 48.5 Å². The van der Waals surface area contributed by atoms with E-state index in [9.17, 15) is 0 Å². The monoisotopic (exact) mass is 418 g/mol. The number of rotatable bonds is 4. The van der Waals surface area contributed by atoms with Crippen LogP contribution in [0.4, 0.5) is 11.4 Å². The Bertz CT molecular complexity index is 1210. The zero-order valence-electron chi connectivity index (χ0n) is 19.1. The van der Waals surface area contributed by atoms with Crippen LogP contribution in [-0.2, 0) is 0 Å². The molecule has 5 rings (SSSR count). The van der Waals surface area contributed by atoms with Crippen LogP contribution in [-0.4, -0.2) is 45.2 Å². The Morgan fingerprint density at radius 2 is 1.55 bits per heavy atom. The molecular formula is C24H30N6O. The largest absolute Gasteiger partial charge is 0.435 e. The van der Waals surface area contributed by atoms with Gasteiger partial charge in [-0.05, 0) is 47.6 Å². The van der Waals surface area contributed by atoms with Gasteiger partial charge >= 0.3 is 0 Å². The molecule has 0 bridgehead atoms. The van der Waals surface area contributed by atoms with E-state index in [1.807, 2.05) is 13.1 Å². The molecule has 0 saturated heterocycles. The first-order valence-electron chi connectivity index (χ1n) is 11.1. The summed E-state index contributed by atoms with van der Waals surface area (Å²) in [5.74, 6) is 0.714. The number of furan rings is 1. The second-order valence-corrected chi connectivity index (χ2v) is 8.32. The number of hydrogen-bond acceptors (Lipinski definition) is 7. The number of hydrogen-bond donors (Lipinski definition) is 0. The Hall–Kier alpha value is -3.22. The fourth-order valence-electron chi connectivity index (χ4n) is 4.84. The predicted molar refractivity (Wildman–Crippen MR) is 126 cm³/mol. The molecule has 2 aromatic heterocycles. The first kappa shape index (κ1) is 19.7. The summed E-state index contributed by atoms with van der Waals surface area (Å²) in [5.41, 5.74) is 4.98. The average molecular weight is 419 g/mol. The van der Waals surface area contributed by atoms with Gasteiger partial charge in [0.25, 0.3) is 0 Å². The first-order chi connectivity index (χ1) is 14.9. The minimum absolute atomic E-state index is 0.210. The van der Waals surface area contributed by atoms with Crippen LogP contribution in [0.1, 0.15) is 39.1 Å². The molecule has 0 unspecified atom stereocenters. The van der Waals surface area contributed by atoms with E-state index in [1.54, 1.807) is 0 Å². The molecule has 0 spiro atoms. The van der Waals surface area contributed by atoms with Crippen molar-refractivity contribution < 1.29 is 4.42 Å². The van der Waals surface area contributed by atoms with E-state index in [0.717, 1.165) is 35.1 Å². The SMILES string of the molecule is CCN1C=CN(c2cc3c(oc4nc(C)ncc43)c(N3C=CN(CC)[C@@H]3C)c2C)[C@@H]1C. The van der Waals surface area contributed by atoms with Crippen molar-refractivity contribution in [2.45, 2.75) is 53.9 Å². The van der Waals surface area contributed by atoms with Crippen molar-refractivity contribution >= 4 is 33.4 Å². The number of nitrogens with zero attached hydrogens (tertiary/aromatic N) is 6. The van der Waals surface area contributed by atoms with Crippen molar-refractivity contribution in [3.63, 3.8) is 0 Å². The minimum Gasteiger partial charge on any atom is -0.435 e. The van der Waals surface area contributed by atoms with Crippen molar-refractivity contribution in [2.75, 3.05) is 22.9 Å². The van der Waals surface area contributed by atoms with Gasteiger partial charge in [-0.15, -0.1) is 0 Å². The molecule has 7 heteroatoms. The molecule has 4 heterocycles. The van der Waals surface area contributed by atoms with Crippen LogP contribution >= 0.6 is 0 Å². The second kappa shape index (κ2) is 7.18. The van der Waals surface area contributed by atoms with E-state index in [2.05, 4.69) is 95.1 Å². The first-order valence-corrected chi connectivity index (χ1v) is 11.1. The third-order valence-corrected chi connectivity index (χ3v) is 6.71. The fraction of sp³-hybridized carbons (Fsp3) is 0.417. The van der Waals surface area contributed by atoms with E-state index >= 15 is 0 Å². The molecule has 2 aliphatic rings. The Balaban J connectivity index is 1.77. The van der Waals surface area contributed by atoms with Crippen molar-refractivity contribution in [1.82, 2.24) is 19.8 Å². The van der Waals surface area contributed by atoms with Gasteiger partial charge in [-0.3, -0.25) is 0 Å². The normalized spacial score (nSPS) is 21.0. The molecule has 0 aliphatic carbocycles. The molecule has 0 saturated carbocycles. The molecule has 0 radical (unpaired) electrons. The number of anilines is 2. The smallest absolute Gasteiger partial charge is 0.230 e. The molecule has 162 valence electrons. The lowest BCUT2D eigenvalue weighted by Crippen LogP contribution is -2.37. The van der Waals surface area contributed by atoms with Gasteiger partial charge in [0, 0.05) is 60.7 Å². The highest BCUT2D eigenvalue weighted by Crippen LogP contribution is 2.44. The van der Waals surface area contributed by atoms with E-state index in [1.165, 1.54) is 11.3 Å². The van der Waals surface area contributed by atoms with Crippen LogP contribution in [0, 0.1) is 13.8 Å². The summed E-state index contributed by atoms with van der Waals surface area (Å²) in [6.45, 7) is 14.8. The summed E-state index contributed by atoms with van der Waals surface area (Å²) in [7, 11) is 0. The Labute approximate surface area is 183 Å². The van der Waals surface area contributed by atoms with Crippen molar-refractivity contribution in [3.8, 4) is 0 Å². The Morgan fingerprint density at radius 1 is 0.903 bits per heavy atom. The third-order valence-electron chi connectivity index (χ3n) is 6.71. The Morgan fingerprint density at radius 3 is 2.19 bits per heavy atom. The van der Waals surface area contributed by atoms with E-state index in [-0.39, 0.29) is 12.3 Å². The lowest BCUT2D eigenvalue weighted by Gasteiger charge is -2.33. The van der Waals surface area contributed by atoms with Crippen LogP contribution in [0.15, 0.2) is 41.5 Å². The molecule has 0 N–H and O–H groups in total. The highest BCUT2D eigenvalue weighted by Gasteiger charge is 2.31. The van der Waals surface area contributed by atoms with E-state index < -0.39 is 0 Å². The molecule has 0 fully saturated rings. The zero-order chi connectivity index (χ0) is 21.9. The third kappa shape index (κ3) is 2.86. The van der Waals surface area contributed by atoms with Crippen LogP contribution in [0.25, 0.3) is 22.1 Å². The zero-order valence-corrected chi connectivity index (χ0v) is 19.1. The average Bonchev–Trinajstić information content (AvgIpc) is 3.42. The van der Waals surface area contributed by atoms with E-state index in [4.69, 9.17) is 4.42 Å². The molecular weight excluding hydrogens is 388 g/mol. The van der Waals surface area contributed by atoms with Gasteiger partial charge in [-0.1, -0.05) is 0 Å². The minimum atomic E-state index is 0.210. The van der Waals surface area contributed by atoms with Crippen LogP contribution in [0.2, 0.25) is 0 Å². The van der Waals surface area contributed by atoms with Gasteiger partial charge < -0.3 is 24.0 Å². The molecule has 1 aromatic carbocycles. The number of benzene rings is 1. The maximum Gasteiger partial charge on any atom is 0.230 e. The van der Waals surface area contributed by atoms with Gasteiger partial charge in [-0.2, -0.15) is 4.98 Å². The lowest BCUT2D eigenvalue weighted by molar-refractivity contribution is 0.333. The van der Waals surface area contributed by atoms with Crippen molar-refractivity contribution in [1.29, 1.82) is 0 Å². The highest BCUT2D eigenvalue weighted by atomic mass is 16.3. The summed E-state index contributed by atoms with van der Waals surface area (Å²) < 4.78 is 6.37. The lowest BCUT2D eigenvalue weighted by atomic mass is 10.0. The second-order valence-electron chi connectivity index (χ2n) is 8.32. The Kier molecular flexibility index (Phi) is 4.57. The molecule has 2 aliphatic heterocycles. The van der Waals surface area contributed by atoms with Crippen LogP contribution < -0.4 is 9.80 Å². The highest BCUT2D eigenvalue weighted by molar-refractivity contribution is 6.10. The van der Waals surface area contributed by atoms with Crippen molar-refractivity contribution in [2.24, 2.45) is 0 Å². The van der Waals surface area contributed by atoms with Gasteiger partial charge in [0.1, 0.15) is 18.2 Å². The van der Waals surface area contributed by atoms with Gasteiger partial charge in [0.2, 0.25) is 5.71 Å². The number of aromatic nitrogens is 2. The molecule has 7 nitrogen and oxygen atoms in total. The number of fused-ring (bicyclic) bond motifs is 3. The summed E-state index contributed by atoms with van der Waals surface area (Å²) >= 11 is 0. The molecule has 2 atom stereocenters. The predicted octanol–water partition coefficient (Wildman–Crippen LogP) is 4.91. The summed E-state index contributed by atoms with van der Waals surface area (Å²) in [6.07, 6.45) is 11.0. The summed E-state index contributed by atoms with van der Waals surface area (Å²) in [5, 5.41) is 2.01. The maximum atomic E-state index is 6.37. The summed E-state index contributed by atoms with van der Waals surface area (Å²) in [6, 6.07) is 2.24. The summed E-state index contributed by atoms with van der Waals surface area (Å²) in [4.78, 5) is 18.3. The van der Waals surface area contributed by atoms with Crippen LogP contribution in [0.5, 0.6) is 0 Å². The topological polar surface area (TPSA) is 51.9 Å². The standard InChI is InChI=1S/C24H30N6O/c1-7-27-9-11-29(17(27)5)21-13-19-20-14-25-16(4)26-24(20)31-23(19)22(15(21)3)30-12-10-28(8-2)18(30)6/h9-14,17-18H,7-8H2,1-6H3/t17-,18+/m1/s1. The molecule has 0 amide bonds. The van der Waals surface area contributed by atoms with Crippen LogP contribution in [0.3, 0.4) is 0 Å². The van der Waals surface area contributed by atoms with Gasteiger partial charge in [0.15, 0.2) is 5.58 Å². The van der Waals surface area contributed by atoms with Gasteiger partial charge in [0.05, 0.1) is 11.1 Å². The fourth-order valence-corrected chi connectivity index (χ4v) is 4.84. The van der Waals surface area contributed by atoms with E-state index in [0.29, 0.717) is 11.5 Å². The van der Waals surface area contributed by atoms with Gasteiger partial charge in [-0.25, -0.2) is 4.98 Å². The maximum absolute atomic E-state index is 6.37. The number of aryl methyl sites for hydroxylation is 1. The molecule has 3 aromatic rings. The quantitative estimate of drug-likeness (QED) is 0.597. The molecule has 31 heavy (non-hydrogen) atoms.